The Labute approximate surface area is 165 Å². The second-order valence-electron chi connectivity index (χ2n) is 7.44. The Balaban J connectivity index is 1.52. The second-order valence-corrected chi connectivity index (χ2v) is 7.44. The van der Waals surface area contributed by atoms with Gasteiger partial charge in [0.2, 0.25) is 0 Å². The zero-order valence-electron chi connectivity index (χ0n) is 16.5. The number of ether oxygens (including phenoxy) is 2. The molecule has 0 amide bonds. The summed E-state index contributed by atoms with van der Waals surface area (Å²) in [5, 5.41) is 15.9. The fourth-order valence-corrected chi connectivity index (χ4v) is 3.71. The summed E-state index contributed by atoms with van der Waals surface area (Å²) in [4.78, 5) is 6.26. The maximum atomic E-state index is 14.5. The molecular formula is C20H31FN4O3. The van der Waals surface area contributed by atoms with E-state index < -0.39 is 0 Å². The smallest absolute Gasteiger partial charge is 0.191 e. The molecule has 2 aliphatic rings. The van der Waals surface area contributed by atoms with Crippen LogP contribution >= 0.6 is 0 Å². The van der Waals surface area contributed by atoms with Crippen molar-refractivity contribution < 1.29 is 19.0 Å². The highest BCUT2D eigenvalue weighted by Gasteiger charge is 2.34. The van der Waals surface area contributed by atoms with Gasteiger partial charge >= 0.3 is 0 Å². The van der Waals surface area contributed by atoms with E-state index in [2.05, 4.69) is 15.6 Å². The van der Waals surface area contributed by atoms with Crippen LogP contribution in [0.3, 0.4) is 0 Å². The Hall–Kier alpha value is -1.90. The standard InChI is InChI=1S/C20H31FN4O3/c1-22-19(24-14-20(4-8-26)5-9-28-15-20)23-13-16-2-3-18(17(21)12-16)25-6-10-27-11-7-25/h2-3,12,26H,4-11,13-15H2,1H3,(H2,22,23,24). The predicted octanol–water partition coefficient (Wildman–Crippen LogP) is 1.12. The quantitative estimate of drug-likeness (QED) is 0.475. The molecule has 28 heavy (non-hydrogen) atoms. The Bertz CT molecular complexity index is 659. The molecule has 0 aromatic heterocycles. The Morgan fingerprint density at radius 1 is 1.25 bits per heavy atom. The summed E-state index contributed by atoms with van der Waals surface area (Å²) in [7, 11) is 1.71. The SMILES string of the molecule is CN=C(NCc1ccc(N2CCOCC2)c(F)c1)NCC1(CCO)CCOC1. The Kier molecular flexibility index (Phi) is 7.47. The number of nitrogens with one attached hydrogen (secondary N) is 2. The van der Waals surface area contributed by atoms with Crippen LogP contribution in [-0.4, -0.2) is 70.8 Å². The minimum absolute atomic E-state index is 0.0573. The molecule has 1 aromatic rings. The molecule has 0 spiro atoms. The highest BCUT2D eigenvalue weighted by molar-refractivity contribution is 5.79. The molecule has 8 heteroatoms. The summed E-state index contributed by atoms with van der Waals surface area (Å²) in [6, 6.07) is 5.34. The third-order valence-electron chi connectivity index (χ3n) is 5.51. The highest BCUT2D eigenvalue weighted by atomic mass is 19.1. The van der Waals surface area contributed by atoms with E-state index >= 15 is 0 Å². The van der Waals surface area contributed by atoms with Gasteiger partial charge in [-0.05, 0) is 30.5 Å². The number of benzene rings is 1. The second kappa shape index (κ2) is 10.0. The molecule has 0 bridgehead atoms. The third-order valence-corrected chi connectivity index (χ3v) is 5.51. The van der Waals surface area contributed by atoms with Crippen molar-refractivity contribution in [2.45, 2.75) is 19.4 Å². The Morgan fingerprint density at radius 3 is 2.71 bits per heavy atom. The Morgan fingerprint density at radius 2 is 2.07 bits per heavy atom. The number of rotatable bonds is 7. The molecule has 2 saturated heterocycles. The average Bonchev–Trinajstić information content (AvgIpc) is 3.18. The normalized spacial score (nSPS) is 23.1. The molecule has 3 rings (SSSR count). The molecule has 1 atom stereocenters. The molecule has 2 fully saturated rings. The van der Waals surface area contributed by atoms with Crippen LogP contribution in [0.25, 0.3) is 0 Å². The van der Waals surface area contributed by atoms with E-state index in [1.165, 1.54) is 0 Å². The number of aliphatic hydroxyl groups is 1. The van der Waals surface area contributed by atoms with Gasteiger partial charge < -0.3 is 30.1 Å². The third kappa shape index (κ3) is 5.33. The first-order valence-corrected chi connectivity index (χ1v) is 9.90. The minimum Gasteiger partial charge on any atom is -0.396 e. The number of nitrogens with zero attached hydrogens (tertiary/aromatic N) is 2. The molecule has 3 N–H and O–H groups in total. The topological polar surface area (TPSA) is 78.4 Å². The lowest BCUT2D eigenvalue weighted by Crippen LogP contribution is -2.44. The number of aliphatic imine (C=N–C) groups is 1. The fraction of sp³-hybridized carbons (Fsp3) is 0.650. The number of hydrogen-bond acceptors (Lipinski definition) is 5. The van der Waals surface area contributed by atoms with Crippen molar-refractivity contribution in [3.8, 4) is 0 Å². The van der Waals surface area contributed by atoms with E-state index in [1.54, 1.807) is 13.1 Å². The van der Waals surface area contributed by atoms with Gasteiger partial charge in [0.25, 0.3) is 0 Å². The predicted molar refractivity (Wildman–Crippen MR) is 107 cm³/mol. The largest absolute Gasteiger partial charge is 0.396 e. The molecule has 0 radical (unpaired) electrons. The molecule has 1 unspecified atom stereocenters. The molecule has 156 valence electrons. The summed E-state index contributed by atoms with van der Waals surface area (Å²) >= 11 is 0. The van der Waals surface area contributed by atoms with Crippen LogP contribution in [-0.2, 0) is 16.0 Å². The first-order valence-electron chi connectivity index (χ1n) is 9.90. The number of aliphatic hydroxyl groups excluding tert-OH is 1. The zero-order chi connectivity index (χ0) is 19.8. The van der Waals surface area contributed by atoms with Crippen LogP contribution in [0, 0.1) is 11.2 Å². The lowest BCUT2D eigenvalue weighted by molar-refractivity contribution is 0.122. The van der Waals surface area contributed by atoms with E-state index in [9.17, 15) is 9.50 Å². The van der Waals surface area contributed by atoms with Gasteiger partial charge in [0.05, 0.1) is 25.5 Å². The number of morpholine rings is 1. The molecule has 2 aliphatic heterocycles. The van der Waals surface area contributed by atoms with Gasteiger partial charge in [0.15, 0.2) is 5.96 Å². The number of guanidine groups is 1. The molecule has 2 heterocycles. The van der Waals surface area contributed by atoms with Gasteiger partial charge in [-0.2, -0.15) is 0 Å². The summed E-state index contributed by atoms with van der Waals surface area (Å²) in [6.45, 7) is 5.36. The van der Waals surface area contributed by atoms with Gasteiger partial charge in [-0.15, -0.1) is 0 Å². The van der Waals surface area contributed by atoms with Crippen molar-refractivity contribution in [1.29, 1.82) is 0 Å². The van der Waals surface area contributed by atoms with Gasteiger partial charge in [0, 0.05) is 51.9 Å². The number of halogens is 1. The van der Waals surface area contributed by atoms with Crippen molar-refractivity contribution in [2.24, 2.45) is 10.4 Å². The first kappa shape index (κ1) is 20.8. The minimum atomic E-state index is -0.214. The van der Waals surface area contributed by atoms with Gasteiger partial charge in [-0.25, -0.2) is 4.39 Å². The lowest BCUT2D eigenvalue weighted by atomic mass is 9.84. The van der Waals surface area contributed by atoms with Crippen LogP contribution in [0.15, 0.2) is 23.2 Å². The fourth-order valence-electron chi connectivity index (χ4n) is 3.71. The van der Waals surface area contributed by atoms with Crippen LogP contribution < -0.4 is 15.5 Å². The molecule has 7 nitrogen and oxygen atoms in total. The molecule has 0 aliphatic carbocycles. The maximum Gasteiger partial charge on any atom is 0.191 e. The zero-order valence-corrected chi connectivity index (χ0v) is 16.5. The van der Waals surface area contributed by atoms with Crippen LogP contribution in [0.5, 0.6) is 0 Å². The van der Waals surface area contributed by atoms with E-state index in [1.807, 2.05) is 17.0 Å². The monoisotopic (exact) mass is 394 g/mol. The van der Waals surface area contributed by atoms with Crippen LogP contribution in [0.2, 0.25) is 0 Å². The van der Waals surface area contributed by atoms with Crippen LogP contribution in [0.1, 0.15) is 18.4 Å². The first-order chi connectivity index (χ1) is 13.7. The number of anilines is 1. The average molecular weight is 394 g/mol. The van der Waals surface area contributed by atoms with Crippen molar-refractivity contribution in [3.05, 3.63) is 29.6 Å². The summed E-state index contributed by atoms with van der Waals surface area (Å²) in [5.41, 5.74) is 1.42. The number of hydrogen-bond donors (Lipinski definition) is 3. The maximum absolute atomic E-state index is 14.5. The van der Waals surface area contributed by atoms with Crippen molar-refractivity contribution in [2.75, 3.05) is 64.6 Å². The van der Waals surface area contributed by atoms with Crippen molar-refractivity contribution >= 4 is 11.6 Å². The van der Waals surface area contributed by atoms with Crippen molar-refractivity contribution in [1.82, 2.24) is 10.6 Å². The van der Waals surface area contributed by atoms with Gasteiger partial charge in [-0.3, -0.25) is 4.99 Å². The summed E-state index contributed by atoms with van der Waals surface area (Å²) in [6.07, 6.45) is 1.62. The highest BCUT2D eigenvalue weighted by Crippen LogP contribution is 2.31. The summed E-state index contributed by atoms with van der Waals surface area (Å²) in [5.74, 6) is 0.441. The van der Waals surface area contributed by atoms with E-state index in [0.717, 1.165) is 18.6 Å². The van der Waals surface area contributed by atoms with Crippen molar-refractivity contribution in [3.63, 3.8) is 0 Å². The van der Waals surface area contributed by atoms with E-state index in [0.29, 0.717) is 64.1 Å². The van der Waals surface area contributed by atoms with Gasteiger partial charge in [-0.1, -0.05) is 6.07 Å². The lowest BCUT2D eigenvalue weighted by Gasteiger charge is -2.29. The van der Waals surface area contributed by atoms with E-state index in [4.69, 9.17) is 9.47 Å². The molecule has 1 aromatic carbocycles. The molecular weight excluding hydrogens is 363 g/mol. The molecule has 0 saturated carbocycles. The summed E-state index contributed by atoms with van der Waals surface area (Å²) < 4.78 is 25.4. The van der Waals surface area contributed by atoms with Gasteiger partial charge in [0.1, 0.15) is 5.82 Å². The van der Waals surface area contributed by atoms with E-state index in [-0.39, 0.29) is 17.8 Å². The van der Waals surface area contributed by atoms with Crippen LogP contribution in [0.4, 0.5) is 10.1 Å².